The number of aliphatic hydroxyl groups is 1. The van der Waals surface area contributed by atoms with Crippen molar-refractivity contribution in [3.05, 3.63) is 22.8 Å². The van der Waals surface area contributed by atoms with E-state index < -0.39 is 27.7 Å². The topological polar surface area (TPSA) is 87.0 Å². The number of alkyl halides is 1. The summed E-state index contributed by atoms with van der Waals surface area (Å²) >= 11 is 3.54. The first kappa shape index (κ1) is 17.5. The summed E-state index contributed by atoms with van der Waals surface area (Å²) in [4.78, 5) is 12.1. The predicted octanol–water partition coefficient (Wildman–Crippen LogP) is 3.10. The maximum atomic E-state index is 12.7. The van der Waals surface area contributed by atoms with E-state index in [2.05, 4.69) is 15.9 Å². The molecule has 4 atom stereocenters. The highest BCUT2D eigenvalue weighted by Crippen LogP contribution is 2.58. The third-order valence-corrected chi connectivity index (χ3v) is 6.87. The molecule has 5 nitrogen and oxygen atoms in total. The van der Waals surface area contributed by atoms with Crippen molar-refractivity contribution in [2.45, 2.75) is 51.2 Å². The summed E-state index contributed by atoms with van der Waals surface area (Å²) in [5.41, 5.74) is 0.575. The SMILES string of the molecule is Cc1cc2c(c(O)c1O)C1(O)OC(=O)C(C)(CC2)C(C(C)C)[C@H]1Br. The lowest BCUT2D eigenvalue weighted by molar-refractivity contribution is -0.258. The predicted molar refractivity (Wildman–Crippen MR) is 92.0 cm³/mol. The number of fused-ring (bicyclic) bond motifs is 3. The molecule has 1 fully saturated rings. The second kappa shape index (κ2) is 5.36. The Kier molecular flexibility index (Phi) is 3.92. The molecule has 3 N–H and O–H groups in total. The lowest BCUT2D eigenvalue weighted by Crippen LogP contribution is -2.61. The van der Waals surface area contributed by atoms with Gasteiger partial charge in [-0.25, -0.2) is 0 Å². The second-order valence-electron chi connectivity index (χ2n) is 7.60. The highest BCUT2D eigenvalue weighted by Gasteiger charge is 2.63. The van der Waals surface area contributed by atoms with Crippen molar-refractivity contribution in [3.63, 3.8) is 0 Å². The van der Waals surface area contributed by atoms with E-state index in [4.69, 9.17) is 4.74 Å². The minimum atomic E-state index is -2.02. The van der Waals surface area contributed by atoms with Crippen LogP contribution in [0.4, 0.5) is 0 Å². The van der Waals surface area contributed by atoms with Crippen LogP contribution in [0, 0.1) is 24.2 Å². The lowest BCUT2D eigenvalue weighted by Gasteiger charge is -2.53. The van der Waals surface area contributed by atoms with Crippen LogP contribution in [0.1, 0.15) is 43.9 Å². The second-order valence-corrected chi connectivity index (χ2v) is 8.59. The largest absolute Gasteiger partial charge is 0.504 e. The minimum Gasteiger partial charge on any atom is -0.504 e. The number of ether oxygens (including phenoxy) is 1. The Morgan fingerprint density at radius 3 is 2.54 bits per heavy atom. The maximum absolute atomic E-state index is 12.7. The molecule has 1 aromatic rings. The smallest absolute Gasteiger partial charge is 0.314 e. The van der Waals surface area contributed by atoms with E-state index in [0.29, 0.717) is 24.0 Å². The summed E-state index contributed by atoms with van der Waals surface area (Å²) in [6.45, 7) is 7.58. The van der Waals surface area contributed by atoms with Crippen LogP contribution < -0.4 is 0 Å². The van der Waals surface area contributed by atoms with Gasteiger partial charge in [0, 0.05) is 0 Å². The fourth-order valence-electron chi connectivity index (χ4n) is 4.40. The van der Waals surface area contributed by atoms with Gasteiger partial charge in [0.25, 0.3) is 5.79 Å². The van der Waals surface area contributed by atoms with Gasteiger partial charge in [-0.1, -0.05) is 35.8 Å². The normalized spacial score (nSPS) is 35.4. The van der Waals surface area contributed by atoms with Gasteiger partial charge in [-0.2, -0.15) is 0 Å². The number of hydrogen-bond donors (Lipinski definition) is 3. The molecule has 24 heavy (non-hydrogen) atoms. The van der Waals surface area contributed by atoms with Crippen molar-refractivity contribution in [1.82, 2.24) is 0 Å². The van der Waals surface area contributed by atoms with Crippen LogP contribution in [0.5, 0.6) is 11.5 Å². The van der Waals surface area contributed by atoms with Crippen LogP contribution in [0.25, 0.3) is 0 Å². The molecule has 3 unspecified atom stereocenters. The maximum Gasteiger partial charge on any atom is 0.314 e. The molecular formula is C18H23BrO5. The highest BCUT2D eigenvalue weighted by molar-refractivity contribution is 9.09. The first-order chi connectivity index (χ1) is 11.0. The van der Waals surface area contributed by atoms with Crippen molar-refractivity contribution in [2.24, 2.45) is 17.3 Å². The molecule has 2 heterocycles. The number of hydrogen-bond acceptors (Lipinski definition) is 5. The van der Waals surface area contributed by atoms with Gasteiger partial charge in [-0.15, -0.1) is 0 Å². The number of phenolic OH excluding ortho intramolecular Hbond substituents is 2. The summed E-state index contributed by atoms with van der Waals surface area (Å²) in [6, 6.07) is 1.74. The summed E-state index contributed by atoms with van der Waals surface area (Å²) < 4.78 is 5.47. The summed E-state index contributed by atoms with van der Waals surface area (Å²) in [5.74, 6) is -3.27. The van der Waals surface area contributed by atoms with Gasteiger partial charge in [0.05, 0.1) is 15.8 Å². The number of halogens is 1. The van der Waals surface area contributed by atoms with Crippen molar-refractivity contribution < 1.29 is 24.9 Å². The molecule has 1 saturated heterocycles. The number of benzene rings is 1. The first-order valence-electron chi connectivity index (χ1n) is 8.18. The fourth-order valence-corrected chi connectivity index (χ4v) is 5.91. The standard InChI is InChI=1S/C18H23BrO5/c1-8(2)11-15(19)18(23)12-10(7-9(3)13(20)14(12)21)5-6-17(11,4)16(22)24-18/h7-8,11,15,20-21,23H,5-6H2,1-4H3/t11?,15-,17?,18?/m1/s1. The van der Waals surface area contributed by atoms with Gasteiger partial charge in [-0.3, -0.25) is 4.79 Å². The Morgan fingerprint density at radius 2 is 1.96 bits per heavy atom. The first-order valence-corrected chi connectivity index (χ1v) is 9.10. The zero-order chi connectivity index (χ0) is 18.0. The van der Waals surface area contributed by atoms with E-state index in [1.807, 2.05) is 20.8 Å². The van der Waals surface area contributed by atoms with Crippen LogP contribution in [-0.4, -0.2) is 26.1 Å². The molecule has 2 bridgehead atoms. The van der Waals surface area contributed by atoms with E-state index in [9.17, 15) is 20.1 Å². The Hall–Kier alpha value is -1.27. The number of esters is 1. The molecule has 6 heteroatoms. The average Bonchev–Trinajstić information content (AvgIpc) is 2.47. The van der Waals surface area contributed by atoms with Gasteiger partial charge in [0.15, 0.2) is 11.5 Å². The summed E-state index contributed by atoms with van der Waals surface area (Å²) in [5, 5.41) is 31.9. The molecule has 0 saturated carbocycles. The van der Waals surface area contributed by atoms with E-state index in [-0.39, 0.29) is 23.1 Å². The van der Waals surface area contributed by atoms with Crippen LogP contribution in [0.15, 0.2) is 6.07 Å². The molecular weight excluding hydrogens is 376 g/mol. The minimum absolute atomic E-state index is 0.0909. The zero-order valence-electron chi connectivity index (χ0n) is 14.3. The fraction of sp³-hybridized carbons (Fsp3) is 0.611. The Labute approximate surface area is 149 Å². The molecule has 1 aromatic carbocycles. The van der Waals surface area contributed by atoms with E-state index in [0.717, 1.165) is 0 Å². The van der Waals surface area contributed by atoms with E-state index in [1.165, 1.54) is 0 Å². The molecule has 0 aromatic heterocycles. The summed E-state index contributed by atoms with van der Waals surface area (Å²) in [7, 11) is 0. The van der Waals surface area contributed by atoms with Crippen LogP contribution in [0.2, 0.25) is 0 Å². The number of aryl methyl sites for hydroxylation is 2. The molecule has 4 rings (SSSR count). The molecule has 132 valence electrons. The van der Waals surface area contributed by atoms with Crippen LogP contribution >= 0.6 is 15.9 Å². The molecule has 0 spiro atoms. The number of carbonyl (C=O) groups is 1. The van der Waals surface area contributed by atoms with E-state index in [1.54, 1.807) is 13.0 Å². The zero-order valence-corrected chi connectivity index (χ0v) is 15.8. The number of phenols is 2. The van der Waals surface area contributed by atoms with Gasteiger partial charge >= 0.3 is 5.97 Å². The highest BCUT2D eigenvalue weighted by atomic mass is 79.9. The number of aromatic hydroxyl groups is 2. The summed E-state index contributed by atoms with van der Waals surface area (Å²) in [6.07, 6.45) is 1.06. The van der Waals surface area contributed by atoms with Crippen LogP contribution in [-0.2, 0) is 21.7 Å². The molecule has 0 radical (unpaired) electrons. The van der Waals surface area contributed by atoms with Crippen molar-refractivity contribution >= 4 is 21.9 Å². The number of carbonyl (C=O) groups excluding carboxylic acids is 1. The number of rotatable bonds is 1. The van der Waals surface area contributed by atoms with Gasteiger partial charge in [0.2, 0.25) is 0 Å². The molecule has 1 aliphatic carbocycles. The van der Waals surface area contributed by atoms with Crippen LogP contribution in [0.3, 0.4) is 0 Å². The van der Waals surface area contributed by atoms with Gasteiger partial charge < -0.3 is 20.1 Å². The molecule has 0 amide bonds. The van der Waals surface area contributed by atoms with Crippen molar-refractivity contribution in [3.8, 4) is 11.5 Å². The van der Waals surface area contributed by atoms with Crippen molar-refractivity contribution in [2.75, 3.05) is 0 Å². The lowest BCUT2D eigenvalue weighted by atomic mass is 9.61. The Bertz CT molecular complexity index is 716. The third-order valence-electron chi connectivity index (χ3n) is 5.68. The van der Waals surface area contributed by atoms with E-state index >= 15 is 0 Å². The van der Waals surface area contributed by atoms with Gasteiger partial charge in [-0.05, 0) is 49.7 Å². The quantitative estimate of drug-likeness (QED) is 0.384. The molecule has 2 aliphatic heterocycles. The molecule has 3 aliphatic rings. The third kappa shape index (κ3) is 2.12. The Balaban J connectivity index is 2.32. The Morgan fingerprint density at radius 1 is 1.33 bits per heavy atom. The van der Waals surface area contributed by atoms with Crippen molar-refractivity contribution in [1.29, 1.82) is 0 Å². The van der Waals surface area contributed by atoms with Gasteiger partial charge in [0.1, 0.15) is 0 Å². The monoisotopic (exact) mass is 398 g/mol. The average molecular weight is 399 g/mol.